The third-order valence-corrected chi connectivity index (χ3v) is 7.06. The van der Waals surface area contributed by atoms with Crippen molar-refractivity contribution >= 4 is 28.9 Å². The number of thiocarbonyl (C=S) groups is 1. The first kappa shape index (κ1) is 24.6. The lowest BCUT2D eigenvalue weighted by Crippen LogP contribution is -2.32. The molecule has 0 radical (unpaired) electrons. The Hall–Kier alpha value is -4.04. The maximum atomic E-state index is 13.6. The quantitative estimate of drug-likeness (QED) is 0.314. The molecule has 8 heteroatoms. The molecule has 0 aliphatic carbocycles. The number of carbonyl (C=O) groups is 1. The Bertz CT molecular complexity index is 1410. The summed E-state index contributed by atoms with van der Waals surface area (Å²) in [5, 5.41) is 6.99. The highest BCUT2D eigenvalue weighted by Crippen LogP contribution is 2.41. The van der Waals surface area contributed by atoms with Gasteiger partial charge >= 0.3 is 0 Å². The summed E-state index contributed by atoms with van der Waals surface area (Å²) in [4.78, 5) is 19.4. The number of nitrogens with one attached hydrogen (secondary N) is 2. The summed E-state index contributed by atoms with van der Waals surface area (Å²) < 4.78 is 15.7. The van der Waals surface area contributed by atoms with E-state index >= 15 is 0 Å². The van der Waals surface area contributed by atoms with Crippen LogP contribution in [0, 0.1) is 19.7 Å². The standard InChI is InChI=1S/C29H28FN5OS/c1-19-18-24(20(2)35(19)23-13-11-21(30)12-14-23)28-27(25-10-6-7-16-31-25)33-29(37)34(28)17-15-26(36)32-22-8-4-3-5-9-22/h3-14,16,18,27-28H,15,17H2,1-2H3,(H,32,36)(H,33,37)/t27-,28+/m1/s1. The average Bonchev–Trinajstić information content (AvgIpc) is 3.39. The van der Waals surface area contributed by atoms with E-state index in [2.05, 4.69) is 38.1 Å². The highest BCUT2D eigenvalue weighted by atomic mass is 32.1. The predicted molar refractivity (Wildman–Crippen MR) is 147 cm³/mol. The number of benzene rings is 2. The number of aryl methyl sites for hydroxylation is 1. The van der Waals surface area contributed by atoms with Gasteiger partial charge in [-0.2, -0.15) is 0 Å². The van der Waals surface area contributed by atoms with Gasteiger partial charge in [-0.05, 0) is 86.2 Å². The van der Waals surface area contributed by atoms with E-state index in [1.165, 1.54) is 12.1 Å². The van der Waals surface area contributed by atoms with E-state index in [1.54, 1.807) is 18.3 Å². The number of aromatic nitrogens is 2. The Labute approximate surface area is 221 Å². The van der Waals surface area contributed by atoms with Crippen LogP contribution in [0.4, 0.5) is 10.1 Å². The summed E-state index contributed by atoms with van der Waals surface area (Å²) in [7, 11) is 0. The van der Waals surface area contributed by atoms with Gasteiger partial charge in [0.2, 0.25) is 5.91 Å². The number of carbonyl (C=O) groups excluding carboxylic acids is 1. The molecular formula is C29H28FN5OS. The summed E-state index contributed by atoms with van der Waals surface area (Å²) in [5.74, 6) is -0.349. The van der Waals surface area contributed by atoms with Crippen LogP contribution in [-0.2, 0) is 4.79 Å². The Kier molecular flexibility index (Phi) is 7.01. The van der Waals surface area contributed by atoms with Crippen LogP contribution in [0.1, 0.15) is 41.1 Å². The van der Waals surface area contributed by atoms with Crippen LogP contribution in [-0.4, -0.2) is 32.0 Å². The highest BCUT2D eigenvalue weighted by molar-refractivity contribution is 7.80. The van der Waals surface area contributed by atoms with E-state index in [0.29, 0.717) is 11.7 Å². The van der Waals surface area contributed by atoms with Crippen molar-refractivity contribution < 1.29 is 9.18 Å². The second-order valence-electron chi connectivity index (χ2n) is 9.12. The number of anilines is 1. The monoisotopic (exact) mass is 513 g/mol. The van der Waals surface area contributed by atoms with Gasteiger partial charge in [-0.15, -0.1) is 0 Å². The second kappa shape index (κ2) is 10.5. The zero-order chi connectivity index (χ0) is 25.9. The molecule has 3 heterocycles. The van der Waals surface area contributed by atoms with Crippen molar-refractivity contribution in [2.45, 2.75) is 32.4 Å². The number of amides is 1. The van der Waals surface area contributed by atoms with Crippen LogP contribution < -0.4 is 10.6 Å². The SMILES string of the molecule is Cc1cc([C@H]2[C@@H](c3ccccn3)NC(=S)N2CCC(=O)Nc2ccccc2)c(C)n1-c1ccc(F)cc1. The highest BCUT2D eigenvalue weighted by Gasteiger charge is 2.41. The molecule has 2 atom stereocenters. The van der Waals surface area contributed by atoms with E-state index in [-0.39, 0.29) is 30.2 Å². The average molecular weight is 514 g/mol. The normalized spacial score (nSPS) is 17.1. The molecule has 1 saturated heterocycles. The molecule has 0 unspecified atom stereocenters. The number of pyridine rings is 1. The molecule has 5 rings (SSSR count). The summed E-state index contributed by atoms with van der Waals surface area (Å²) in [6.07, 6.45) is 2.05. The first-order valence-electron chi connectivity index (χ1n) is 12.2. The van der Waals surface area contributed by atoms with Crippen molar-refractivity contribution in [3.63, 3.8) is 0 Å². The van der Waals surface area contributed by atoms with Gasteiger partial charge in [0.1, 0.15) is 5.82 Å². The smallest absolute Gasteiger partial charge is 0.226 e. The molecule has 0 spiro atoms. The second-order valence-corrected chi connectivity index (χ2v) is 9.51. The fourth-order valence-corrected chi connectivity index (χ4v) is 5.36. The molecule has 37 heavy (non-hydrogen) atoms. The molecule has 0 saturated carbocycles. The fourth-order valence-electron chi connectivity index (χ4n) is 5.03. The summed E-state index contributed by atoms with van der Waals surface area (Å²) in [6, 6.07) is 23.5. The minimum absolute atomic E-state index is 0.0779. The van der Waals surface area contributed by atoms with E-state index in [0.717, 1.165) is 34.0 Å². The van der Waals surface area contributed by atoms with Crippen molar-refractivity contribution in [2.75, 3.05) is 11.9 Å². The zero-order valence-corrected chi connectivity index (χ0v) is 21.5. The maximum Gasteiger partial charge on any atom is 0.226 e. The molecule has 2 aromatic carbocycles. The van der Waals surface area contributed by atoms with E-state index in [4.69, 9.17) is 12.2 Å². The molecule has 6 nitrogen and oxygen atoms in total. The molecule has 1 fully saturated rings. The molecule has 1 aliphatic rings. The molecule has 4 aromatic rings. The number of hydrogen-bond donors (Lipinski definition) is 2. The number of halogens is 1. The van der Waals surface area contributed by atoms with Gasteiger partial charge in [0.25, 0.3) is 0 Å². The topological polar surface area (TPSA) is 62.2 Å². The number of rotatable bonds is 7. The lowest BCUT2D eigenvalue weighted by atomic mass is 9.96. The third kappa shape index (κ3) is 5.11. The van der Waals surface area contributed by atoms with Crippen LogP contribution in [0.2, 0.25) is 0 Å². The Morgan fingerprint density at radius 1 is 1.05 bits per heavy atom. The maximum absolute atomic E-state index is 13.6. The Morgan fingerprint density at radius 3 is 2.49 bits per heavy atom. The van der Waals surface area contributed by atoms with Crippen LogP contribution in [0.5, 0.6) is 0 Å². The van der Waals surface area contributed by atoms with Crippen LogP contribution >= 0.6 is 12.2 Å². The van der Waals surface area contributed by atoms with Crippen molar-refractivity contribution in [2.24, 2.45) is 0 Å². The van der Waals surface area contributed by atoms with Crippen molar-refractivity contribution in [3.05, 3.63) is 114 Å². The van der Waals surface area contributed by atoms with Gasteiger partial charge in [0, 0.05) is 41.9 Å². The largest absolute Gasteiger partial charge is 0.352 e. The molecule has 2 aromatic heterocycles. The predicted octanol–water partition coefficient (Wildman–Crippen LogP) is 5.63. The summed E-state index contributed by atoms with van der Waals surface area (Å²) in [5.41, 5.74) is 5.66. The van der Waals surface area contributed by atoms with Crippen LogP contribution in [0.15, 0.2) is 85.1 Å². The van der Waals surface area contributed by atoms with Crippen molar-refractivity contribution in [1.29, 1.82) is 0 Å². The molecule has 2 N–H and O–H groups in total. The number of para-hydroxylation sites is 1. The minimum Gasteiger partial charge on any atom is -0.352 e. The lowest BCUT2D eigenvalue weighted by Gasteiger charge is -2.28. The molecule has 1 amide bonds. The fraction of sp³-hybridized carbons (Fsp3) is 0.207. The molecular weight excluding hydrogens is 485 g/mol. The van der Waals surface area contributed by atoms with Gasteiger partial charge in [-0.3, -0.25) is 9.78 Å². The molecule has 0 bridgehead atoms. The summed E-state index contributed by atoms with van der Waals surface area (Å²) in [6.45, 7) is 4.54. The van der Waals surface area contributed by atoms with Gasteiger partial charge in [-0.1, -0.05) is 24.3 Å². The Morgan fingerprint density at radius 2 is 1.78 bits per heavy atom. The van der Waals surface area contributed by atoms with E-state index in [9.17, 15) is 9.18 Å². The van der Waals surface area contributed by atoms with Gasteiger partial charge in [0.05, 0.1) is 17.8 Å². The van der Waals surface area contributed by atoms with Gasteiger partial charge in [0.15, 0.2) is 5.11 Å². The number of hydrogen-bond acceptors (Lipinski definition) is 3. The van der Waals surface area contributed by atoms with E-state index in [1.807, 2.05) is 55.5 Å². The number of nitrogens with zero attached hydrogens (tertiary/aromatic N) is 3. The van der Waals surface area contributed by atoms with Crippen LogP contribution in [0.25, 0.3) is 5.69 Å². The summed E-state index contributed by atoms with van der Waals surface area (Å²) >= 11 is 5.77. The lowest BCUT2D eigenvalue weighted by molar-refractivity contribution is -0.116. The van der Waals surface area contributed by atoms with Crippen molar-refractivity contribution in [1.82, 2.24) is 19.8 Å². The third-order valence-electron chi connectivity index (χ3n) is 6.71. The van der Waals surface area contributed by atoms with E-state index < -0.39 is 0 Å². The van der Waals surface area contributed by atoms with Crippen molar-refractivity contribution in [3.8, 4) is 5.69 Å². The Balaban J connectivity index is 1.47. The molecule has 188 valence electrons. The van der Waals surface area contributed by atoms with Gasteiger partial charge in [-0.25, -0.2) is 4.39 Å². The first-order chi connectivity index (χ1) is 17.9. The first-order valence-corrected chi connectivity index (χ1v) is 12.6. The van der Waals surface area contributed by atoms with Gasteiger partial charge < -0.3 is 20.1 Å². The molecule has 1 aliphatic heterocycles. The zero-order valence-electron chi connectivity index (χ0n) is 20.7. The minimum atomic E-state index is -0.271. The van der Waals surface area contributed by atoms with Crippen LogP contribution in [0.3, 0.4) is 0 Å².